The van der Waals surface area contributed by atoms with Crippen molar-refractivity contribution < 1.29 is 13.9 Å². The molecule has 5 heteroatoms. The lowest BCUT2D eigenvalue weighted by Crippen LogP contribution is -2.45. The molecule has 1 heterocycles. The van der Waals surface area contributed by atoms with E-state index >= 15 is 0 Å². The minimum absolute atomic E-state index is 0.213. The van der Waals surface area contributed by atoms with E-state index in [2.05, 4.69) is 0 Å². The fourth-order valence-electron chi connectivity index (χ4n) is 2.57. The molecule has 1 aromatic carbocycles. The Hall–Kier alpha value is -1.13. The molecule has 0 amide bonds. The van der Waals surface area contributed by atoms with E-state index in [9.17, 15) is 9.18 Å². The van der Waals surface area contributed by atoms with E-state index in [-0.39, 0.29) is 17.8 Å². The Labute approximate surface area is 123 Å². The van der Waals surface area contributed by atoms with E-state index in [0.717, 1.165) is 25.8 Å². The summed E-state index contributed by atoms with van der Waals surface area (Å²) in [7, 11) is 0. The molecule has 1 aromatic rings. The van der Waals surface area contributed by atoms with Crippen molar-refractivity contribution >= 4 is 17.6 Å². The standard InChI is InChI=1S/C15H19ClFNO2/c1-2-20-15(19)14-5-3-4-8-18(14)10-11-9-12(16)6-7-13(11)17/h6-7,9,14H,2-5,8,10H2,1H3. The minimum atomic E-state index is -0.289. The highest BCUT2D eigenvalue weighted by atomic mass is 35.5. The topological polar surface area (TPSA) is 29.5 Å². The van der Waals surface area contributed by atoms with Crippen molar-refractivity contribution in [2.24, 2.45) is 0 Å². The fraction of sp³-hybridized carbons (Fsp3) is 0.533. The SMILES string of the molecule is CCOC(=O)C1CCCCN1Cc1cc(Cl)ccc1F. The number of esters is 1. The smallest absolute Gasteiger partial charge is 0.323 e. The lowest BCUT2D eigenvalue weighted by molar-refractivity contribution is -0.151. The van der Waals surface area contributed by atoms with Crippen LogP contribution in [0.5, 0.6) is 0 Å². The van der Waals surface area contributed by atoms with Gasteiger partial charge in [-0.25, -0.2) is 4.39 Å². The van der Waals surface area contributed by atoms with E-state index < -0.39 is 0 Å². The van der Waals surface area contributed by atoms with Crippen molar-refractivity contribution in [1.29, 1.82) is 0 Å². The molecule has 1 unspecified atom stereocenters. The van der Waals surface area contributed by atoms with Gasteiger partial charge < -0.3 is 4.74 Å². The average molecular weight is 300 g/mol. The minimum Gasteiger partial charge on any atom is -0.465 e. The van der Waals surface area contributed by atoms with Crippen LogP contribution < -0.4 is 0 Å². The van der Waals surface area contributed by atoms with Gasteiger partial charge in [0.2, 0.25) is 0 Å². The average Bonchev–Trinajstić information content (AvgIpc) is 2.44. The molecule has 1 aliphatic rings. The van der Waals surface area contributed by atoms with Gasteiger partial charge in [-0.3, -0.25) is 9.69 Å². The first-order valence-corrected chi connectivity index (χ1v) is 7.34. The van der Waals surface area contributed by atoms with Gasteiger partial charge in [-0.05, 0) is 44.5 Å². The maximum Gasteiger partial charge on any atom is 0.323 e. The van der Waals surface area contributed by atoms with Crippen molar-refractivity contribution in [3.8, 4) is 0 Å². The second-order valence-corrected chi connectivity index (χ2v) is 5.41. The molecule has 0 saturated carbocycles. The normalized spacial score (nSPS) is 19.9. The Balaban J connectivity index is 2.12. The molecule has 0 spiro atoms. The van der Waals surface area contributed by atoms with Gasteiger partial charge in [0, 0.05) is 17.1 Å². The summed E-state index contributed by atoms with van der Waals surface area (Å²) >= 11 is 5.91. The molecule has 2 rings (SSSR count). The highest BCUT2D eigenvalue weighted by Gasteiger charge is 2.30. The van der Waals surface area contributed by atoms with Crippen molar-refractivity contribution in [2.75, 3.05) is 13.2 Å². The first kappa shape index (κ1) is 15.3. The van der Waals surface area contributed by atoms with Crippen LogP contribution in [0.4, 0.5) is 4.39 Å². The van der Waals surface area contributed by atoms with Crippen LogP contribution in [-0.2, 0) is 16.1 Å². The quantitative estimate of drug-likeness (QED) is 0.798. The molecule has 1 atom stereocenters. The van der Waals surface area contributed by atoms with Crippen LogP contribution in [-0.4, -0.2) is 30.1 Å². The number of likely N-dealkylation sites (tertiary alicyclic amines) is 1. The Morgan fingerprint density at radius 3 is 3.05 bits per heavy atom. The number of rotatable bonds is 4. The van der Waals surface area contributed by atoms with Gasteiger partial charge in [0.05, 0.1) is 6.61 Å². The molecular formula is C15H19ClFNO2. The lowest BCUT2D eigenvalue weighted by Gasteiger charge is -2.34. The van der Waals surface area contributed by atoms with Gasteiger partial charge >= 0.3 is 5.97 Å². The zero-order valence-corrected chi connectivity index (χ0v) is 12.3. The van der Waals surface area contributed by atoms with Crippen LogP contribution in [0.25, 0.3) is 0 Å². The molecular weight excluding hydrogens is 281 g/mol. The summed E-state index contributed by atoms with van der Waals surface area (Å²) in [4.78, 5) is 13.9. The van der Waals surface area contributed by atoms with Gasteiger partial charge in [0.1, 0.15) is 11.9 Å². The van der Waals surface area contributed by atoms with Gasteiger partial charge in [-0.1, -0.05) is 18.0 Å². The molecule has 20 heavy (non-hydrogen) atoms. The second kappa shape index (κ2) is 7.04. The van der Waals surface area contributed by atoms with Crippen molar-refractivity contribution in [3.05, 3.63) is 34.6 Å². The number of nitrogens with zero attached hydrogens (tertiary/aromatic N) is 1. The molecule has 0 bridgehead atoms. The van der Waals surface area contributed by atoms with Gasteiger partial charge in [0.25, 0.3) is 0 Å². The Kier molecular flexibility index (Phi) is 5.38. The Morgan fingerprint density at radius 1 is 1.50 bits per heavy atom. The number of halogens is 2. The van der Waals surface area contributed by atoms with E-state index in [0.29, 0.717) is 23.7 Å². The van der Waals surface area contributed by atoms with Crippen LogP contribution in [0.1, 0.15) is 31.7 Å². The third-order valence-corrected chi connectivity index (χ3v) is 3.79. The molecule has 0 N–H and O–H groups in total. The van der Waals surface area contributed by atoms with Crippen LogP contribution in [0.15, 0.2) is 18.2 Å². The van der Waals surface area contributed by atoms with Crippen LogP contribution >= 0.6 is 11.6 Å². The molecule has 0 aliphatic carbocycles. The fourth-order valence-corrected chi connectivity index (χ4v) is 2.76. The number of hydrogen-bond donors (Lipinski definition) is 0. The van der Waals surface area contributed by atoms with Crippen molar-refractivity contribution in [2.45, 2.75) is 38.8 Å². The number of carbonyl (C=O) groups excluding carboxylic acids is 1. The van der Waals surface area contributed by atoms with Crippen LogP contribution in [0.3, 0.4) is 0 Å². The third kappa shape index (κ3) is 3.70. The van der Waals surface area contributed by atoms with Gasteiger partial charge in [-0.15, -0.1) is 0 Å². The highest BCUT2D eigenvalue weighted by Crippen LogP contribution is 2.23. The molecule has 0 radical (unpaired) electrons. The predicted octanol–water partition coefficient (Wildman–Crippen LogP) is 3.40. The lowest BCUT2D eigenvalue weighted by atomic mass is 10.0. The Morgan fingerprint density at radius 2 is 2.30 bits per heavy atom. The number of hydrogen-bond acceptors (Lipinski definition) is 3. The molecule has 1 fully saturated rings. The Bertz CT molecular complexity index is 481. The maximum atomic E-state index is 13.8. The first-order chi connectivity index (χ1) is 9.61. The predicted molar refractivity (Wildman–Crippen MR) is 76.1 cm³/mol. The van der Waals surface area contributed by atoms with Gasteiger partial charge in [-0.2, -0.15) is 0 Å². The second-order valence-electron chi connectivity index (χ2n) is 4.97. The molecule has 3 nitrogen and oxygen atoms in total. The summed E-state index contributed by atoms with van der Waals surface area (Å²) in [6, 6.07) is 4.23. The van der Waals surface area contributed by atoms with Crippen LogP contribution in [0.2, 0.25) is 5.02 Å². The van der Waals surface area contributed by atoms with E-state index in [4.69, 9.17) is 16.3 Å². The zero-order valence-electron chi connectivity index (χ0n) is 11.6. The summed E-state index contributed by atoms with van der Waals surface area (Å²) in [5, 5.41) is 0.506. The summed E-state index contributed by atoms with van der Waals surface area (Å²) in [6.45, 7) is 3.32. The summed E-state index contributed by atoms with van der Waals surface area (Å²) in [5.74, 6) is -0.503. The van der Waals surface area contributed by atoms with Crippen molar-refractivity contribution in [3.63, 3.8) is 0 Å². The third-order valence-electron chi connectivity index (χ3n) is 3.55. The molecule has 0 aromatic heterocycles. The molecule has 110 valence electrons. The number of benzene rings is 1. The molecule has 1 aliphatic heterocycles. The highest BCUT2D eigenvalue weighted by molar-refractivity contribution is 6.30. The number of carbonyl (C=O) groups is 1. The largest absolute Gasteiger partial charge is 0.465 e. The van der Waals surface area contributed by atoms with Crippen molar-refractivity contribution in [1.82, 2.24) is 4.90 Å². The number of ether oxygens (including phenoxy) is 1. The summed E-state index contributed by atoms with van der Waals surface area (Å²) in [5.41, 5.74) is 0.522. The zero-order chi connectivity index (χ0) is 14.5. The summed E-state index contributed by atoms with van der Waals surface area (Å²) < 4.78 is 18.9. The monoisotopic (exact) mass is 299 g/mol. The number of piperidine rings is 1. The van der Waals surface area contributed by atoms with E-state index in [1.54, 1.807) is 13.0 Å². The van der Waals surface area contributed by atoms with Crippen LogP contribution in [0, 0.1) is 5.82 Å². The van der Waals surface area contributed by atoms with E-state index in [1.807, 2.05) is 4.90 Å². The molecule has 1 saturated heterocycles. The van der Waals surface area contributed by atoms with Gasteiger partial charge in [0.15, 0.2) is 0 Å². The summed E-state index contributed by atoms with van der Waals surface area (Å²) in [6.07, 6.45) is 2.77. The van der Waals surface area contributed by atoms with E-state index in [1.165, 1.54) is 12.1 Å². The first-order valence-electron chi connectivity index (χ1n) is 6.96. The maximum absolute atomic E-state index is 13.8.